The van der Waals surface area contributed by atoms with E-state index in [4.69, 9.17) is 5.11 Å². The summed E-state index contributed by atoms with van der Waals surface area (Å²) in [5.74, 6) is -0.705. The molecule has 0 aromatic rings. The van der Waals surface area contributed by atoms with E-state index in [1.807, 2.05) is 6.92 Å². The molecule has 0 aromatic carbocycles. The van der Waals surface area contributed by atoms with E-state index in [-0.39, 0.29) is 23.5 Å². The van der Waals surface area contributed by atoms with E-state index < -0.39 is 12.0 Å². The molecule has 1 saturated heterocycles. The summed E-state index contributed by atoms with van der Waals surface area (Å²) in [6, 6.07) is -0.860. The van der Waals surface area contributed by atoms with Crippen molar-refractivity contribution in [3.63, 3.8) is 0 Å². The molecule has 1 rings (SSSR count). The Labute approximate surface area is 116 Å². The number of rotatable bonds is 7. The number of carboxylic acid groups (broad SMARTS) is 1. The standard InChI is InChI=1S/C12H20N2O4S/c1-3-8(2)10(11(16)17)13-9(15)4-5-14-6-7-19-12(14)18/h8,10H,3-7H2,1-2H3,(H,13,15)(H,16,17)/t8?,10-/m0/s1. The molecule has 2 atom stereocenters. The number of nitrogens with one attached hydrogen (secondary N) is 1. The zero-order chi connectivity index (χ0) is 14.4. The van der Waals surface area contributed by atoms with Gasteiger partial charge in [-0.15, -0.1) is 0 Å². The summed E-state index contributed by atoms with van der Waals surface area (Å²) in [5.41, 5.74) is 0. The maximum atomic E-state index is 11.7. The zero-order valence-corrected chi connectivity index (χ0v) is 12.0. The Bertz CT molecular complexity index is 362. The second-order valence-corrected chi connectivity index (χ2v) is 5.67. The number of aliphatic carboxylic acids is 1. The number of carbonyl (C=O) groups excluding carboxylic acids is 2. The predicted octanol–water partition coefficient (Wildman–Crippen LogP) is 1.16. The number of thioether (sulfide) groups is 1. The Morgan fingerprint density at radius 2 is 2.21 bits per heavy atom. The van der Waals surface area contributed by atoms with Crippen molar-refractivity contribution in [3.05, 3.63) is 0 Å². The van der Waals surface area contributed by atoms with E-state index >= 15 is 0 Å². The van der Waals surface area contributed by atoms with Crippen LogP contribution >= 0.6 is 11.8 Å². The molecule has 0 radical (unpaired) electrons. The molecule has 1 aliphatic rings. The fourth-order valence-electron chi connectivity index (χ4n) is 1.79. The van der Waals surface area contributed by atoms with Gasteiger partial charge in [-0.1, -0.05) is 32.0 Å². The molecule has 0 bridgehead atoms. The molecule has 1 heterocycles. The van der Waals surface area contributed by atoms with Crippen LogP contribution in [0.5, 0.6) is 0 Å². The van der Waals surface area contributed by atoms with E-state index in [0.717, 1.165) is 5.75 Å². The summed E-state index contributed by atoms with van der Waals surface area (Å²) in [4.78, 5) is 35.7. The molecule has 7 heteroatoms. The highest BCUT2D eigenvalue weighted by Gasteiger charge is 2.26. The first-order chi connectivity index (χ1) is 8.95. The van der Waals surface area contributed by atoms with Crippen molar-refractivity contribution < 1.29 is 19.5 Å². The SMILES string of the molecule is CCC(C)[C@H](NC(=O)CCN1CCSC1=O)C(=O)O. The van der Waals surface area contributed by atoms with Crippen LogP contribution in [-0.4, -0.2) is 52.0 Å². The summed E-state index contributed by atoms with van der Waals surface area (Å²) >= 11 is 1.25. The number of hydrogen-bond acceptors (Lipinski definition) is 4. The number of amides is 2. The molecule has 1 unspecified atom stereocenters. The highest BCUT2D eigenvalue weighted by Crippen LogP contribution is 2.17. The van der Waals surface area contributed by atoms with Gasteiger partial charge in [-0.2, -0.15) is 0 Å². The summed E-state index contributed by atoms with van der Waals surface area (Å²) < 4.78 is 0. The highest BCUT2D eigenvalue weighted by atomic mass is 32.2. The molecule has 0 spiro atoms. The first-order valence-corrected chi connectivity index (χ1v) is 7.38. The molecule has 1 fully saturated rings. The van der Waals surface area contributed by atoms with Crippen LogP contribution in [0.1, 0.15) is 26.7 Å². The van der Waals surface area contributed by atoms with Gasteiger partial charge in [-0.05, 0) is 5.92 Å². The van der Waals surface area contributed by atoms with Gasteiger partial charge >= 0.3 is 5.97 Å². The average Bonchev–Trinajstić information content (AvgIpc) is 2.77. The van der Waals surface area contributed by atoms with Gasteiger partial charge < -0.3 is 15.3 Å². The van der Waals surface area contributed by atoms with Gasteiger partial charge in [0.05, 0.1) is 0 Å². The van der Waals surface area contributed by atoms with Crippen LogP contribution in [-0.2, 0) is 9.59 Å². The molecule has 0 aliphatic carbocycles. The Hall–Kier alpha value is -1.24. The van der Waals surface area contributed by atoms with Crippen LogP contribution in [0.2, 0.25) is 0 Å². The van der Waals surface area contributed by atoms with Gasteiger partial charge in [0.25, 0.3) is 5.24 Å². The first-order valence-electron chi connectivity index (χ1n) is 6.39. The average molecular weight is 288 g/mol. The number of carboxylic acids is 1. The minimum atomic E-state index is -1.02. The van der Waals surface area contributed by atoms with E-state index in [1.165, 1.54) is 11.8 Å². The van der Waals surface area contributed by atoms with Gasteiger partial charge in [0.1, 0.15) is 6.04 Å². The second kappa shape index (κ2) is 7.37. The van der Waals surface area contributed by atoms with Crippen LogP contribution in [0, 0.1) is 5.92 Å². The first kappa shape index (κ1) is 15.8. The monoisotopic (exact) mass is 288 g/mol. The second-order valence-electron chi connectivity index (χ2n) is 4.62. The maximum Gasteiger partial charge on any atom is 0.326 e. The molecule has 6 nitrogen and oxygen atoms in total. The summed E-state index contributed by atoms with van der Waals surface area (Å²) in [5, 5.41) is 11.6. The highest BCUT2D eigenvalue weighted by molar-refractivity contribution is 8.13. The van der Waals surface area contributed by atoms with Gasteiger partial charge in [0.15, 0.2) is 0 Å². The Morgan fingerprint density at radius 3 is 2.68 bits per heavy atom. The van der Waals surface area contributed by atoms with E-state index in [9.17, 15) is 14.4 Å². The van der Waals surface area contributed by atoms with Crippen LogP contribution in [0.15, 0.2) is 0 Å². The normalized spacial score (nSPS) is 18.2. The van der Waals surface area contributed by atoms with Gasteiger partial charge in [-0.3, -0.25) is 9.59 Å². The Kier molecular flexibility index (Phi) is 6.14. The predicted molar refractivity (Wildman–Crippen MR) is 73.1 cm³/mol. The number of nitrogens with zero attached hydrogens (tertiary/aromatic N) is 1. The molecule has 108 valence electrons. The molecule has 19 heavy (non-hydrogen) atoms. The lowest BCUT2D eigenvalue weighted by Crippen LogP contribution is -2.45. The Balaban J connectivity index is 2.40. The quantitative estimate of drug-likeness (QED) is 0.734. The third kappa shape index (κ3) is 4.74. The van der Waals surface area contributed by atoms with Crippen LogP contribution in [0.25, 0.3) is 0 Å². The van der Waals surface area contributed by atoms with E-state index in [0.29, 0.717) is 19.5 Å². The number of hydrogen-bond donors (Lipinski definition) is 2. The van der Waals surface area contributed by atoms with Crippen LogP contribution < -0.4 is 5.32 Å². The van der Waals surface area contributed by atoms with Crippen molar-refractivity contribution in [3.8, 4) is 0 Å². The van der Waals surface area contributed by atoms with Gasteiger partial charge in [0.2, 0.25) is 5.91 Å². The van der Waals surface area contributed by atoms with Crippen molar-refractivity contribution in [1.82, 2.24) is 10.2 Å². The third-order valence-electron chi connectivity index (χ3n) is 3.25. The summed E-state index contributed by atoms with van der Waals surface area (Å²) in [7, 11) is 0. The third-order valence-corrected chi connectivity index (χ3v) is 4.14. The molecule has 2 N–H and O–H groups in total. The fourth-order valence-corrected chi connectivity index (χ4v) is 2.65. The lowest BCUT2D eigenvalue weighted by atomic mass is 9.99. The molecular weight excluding hydrogens is 268 g/mol. The fraction of sp³-hybridized carbons (Fsp3) is 0.750. The lowest BCUT2D eigenvalue weighted by Gasteiger charge is -2.21. The van der Waals surface area contributed by atoms with Crippen molar-refractivity contribution in [2.24, 2.45) is 5.92 Å². The Morgan fingerprint density at radius 1 is 1.53 bits per heavy atom. The molecule has 0 aromatic heterocycles. The van der Waals surface area contributed by atoms with Crippen molar-refractivity contribution in [1.29, 1.82) is 0 Å². The van der Waals surface area contributed by atoms with E-state index in [2.05, 4.69) is 5.32 Å². The van der Waals surface area contributed by atoms with Crippen molar-refractivity contribution >= 4 is 28.9 Å². The van der Waals surface area contributed by atoms with Crippen molar-refractivity contribution in [2.45, 2.75) is 32.7 Å². The van der Waals surface area contributed by atoms with Crippen LogP contribution in [0.3, 0.4) is 0 Å². The minimum absolute atomic E-state index is 0.00971. The van der Waals surface area contributed by atoms with Crippen LogP contribution in [0.4, 0.5) is 4.79 Å². The van der Waals surface area contributed by atoms with Gasteiger partial charge in [-0.25, -0.2) is 4.79 Å². The summed E-state index contributed by atoms with van der Waals surface area (Å²) in [6.07, 6.45) is 0.824. The molecule has 2 amide bonds. The minimum Gasteiger partial charge on any atom is -0.480 e. The van der Waals surface area contributed by atoms with Gasteiger partial charge in [0, 0.05) is 25.3 Å². The maximum absolute atomic E-state index is 11.7. The largest absolute Gasteiger partial charge is 0.480 e. The molecule has 0 saturated carbocycles. The van der Waals surface area contributed by atoms with E-state index in [1.54, 1.807) is 11.8 Å². The molecule has 1 aliphatic heterocycles. The zero-order valence-electron chi connectivity index (χ0n) is 11.2. The summed E-state index contributed by atoms with van der Waals surface area (Å²) in [6.45, 7) is 4.68. The lowest BCUT2D eigenvalue weighted by molar-refractivity contribution is -0.143. The topological polar surface area (TPSA) is 86.7 Å². The smallest absolute Gasteiger partial charge is 0.326 e. The number of carbonyl (C=O) groups is 3. The van der Waals surface area contributed by atoms with Crippen molar-refractivity contribution in [2.75, 3.05) is 18.8 Å². The molecular formula is C12H20N2O4S.